The quantitative estimate of drug-likeness (QED) is 0.856. The average Bonchev–Trinajstić information content (AvgIpc) is 3.04. The molecule has 1 N–H and O–H groups in total. The fourth-order valence-corrected chi connectivity index (χ4v) is 4.22. The molecule has 1 fully saturated rings. The summed E-state index contributed by atoms with van der Waals surface area (Å²) in [7, 11) is 1.39. The van der Waals surface area contributed by atoms with Crippen molar-refractivity contribution in [2.45, 2.75) is 38.3 Å². The van der Waals surface area contributed by atoms with Crippen LogP contribution < -0.4 is 0 Å². The predicted octanol–water partition coefficient (Wildman–Crippen LogP) is 2.08. The summed E-state index contributed by atoms with van der Waals surface area (Å²) in [6.45, 7) is 2.72. The van der Waals surface area contributed by atoms with Crippen LogP contribution in [-0.4, -0.2) is 59.4 Å². The SMILES string of the molecule is COC(=O)[C@H]1Cc2c([nH]c3ccccc23)CN1C(=O)CN1CCCCC1. The molecule has 26 heavy (non-hydrogen) atoms. The van der Waals surface area contributed by atoms with Gasteiger partial charge in [0, 0.05) is 23.0 Å². The second-order valence-electron chi connectivity index (χ2n) is 7.23. The van der Waals surface area contributed by atoms with Crippen molar-refractivity contribution < 1.29 is 14.3 Å². The number of nitrogens with one attached hydrogen (secondary N) is 1. The largest absolute Gasteiger partial charge is 0.467 e. The Kier molecular flexibility index (Phi) is 4.68. The molecule has 1 aromatic heterocycles. The smallest absolute Gasteiger partial charge is 0.328 e. The van der Waals surface area contributed by atoms with Crippen molar-refractivity contribution in [1.29, 1.82) is 0 Å². The molecule has 0 spiro atoms. The van der Waals surface area contributed by atoms with Gasteiger partial charge < -0.3 is 14.6 Å². The van der Waals surface area contributed by atoms with Crippen LogP contribution in [0, 0.1) is 0 Å². The summed E-state index contributed by atoms with van der Waals surface area (Å²) in [6.07, 6.45) is 4.01. The van der Waals surface area contributed by atoms with Crippen molar-refractivity contribution in [3.63, 3.8) is 0 Å². The van der Waals surface area contributed by atoms with Gasteiger partial charge in [0.05, 0.1) is 20.2 Å². The van der Waals surface area contributed by atoms with E-state index in [0.29, 0.717) is 19.5 Å². The van der Waals surface area contributed by atoms with Crippen LogP contribution in [-0.2, 0) is 27.3 Å². The van der Waals surface area contributed by atoms with Crippen molar-refractivity contribution in [1.82, 2.24) is 14.8 Å². The highest BCUT2D eigenvalue weighted by atomic mass is 16.5. The van der Waals surface area contributed by atoms with Gasteiger partial charge in [-0.2, -0.15) is 0 Å². The van der Waals surface area contributed by atoms with Crippen molar-refractivity contribution in [3.8, 4) is 0 Å². The number of ether oxygens (including phenoxy) is 1. The first-order valence-corrected chi connectivity index (χ1v) is 9.35. The summed E-state index contributed by atoms with van der Waals surface area (Å²) >= 11 is 0. The minimum absolute atomic E-state index is 0.00612. The fraction of sp³-hybridized carbons (Fsp3) is 0.500. The Bertz CT molecular complexity index is 823. The number of piperidine rings is 1. The van der Waals surface area contributed by atoms with E-state index in [1.807, 2.05) is 18.2 Å². The molecule has 1 aromatic carbocycles. The predicted molar refractivity (Wildman–Crippen MR) is 98.6 cm³/mol. The van der Waals surface area contributed by atoms with E-state index in [2.05, 4.69) is 16.0 Å². The number of aromatic amines is 1. The lowest BCUT2D eigenvalue weighted by molar-refractivity contribution is -0.154. The molecule has 0 unspecified atom stereocenters. The Hall–Kier alpha value is -2.34. The molecule has 6 nitrogen and oxygen atoms in total. The van der Waals surface area contributed by atoms with Gasteiger partial charge in [0.1, 0.15) is 6.04 Å². The van der Waals surface area contributed by atoms with Crippen LogP contribution in [0.3, 0.4) is 0 Å². The van der Waals surface area contributed by atoms with Gasteiger partial charge in [0.25, 0.3) is 0 Å². The number of likely N-dealkylation sites (tertiary alicyclic amines) is 1. The lowest BCUT2D eigenvalue weighted by Crippen LogP contribution is -2.52. The third-order valence-electron chi connectivity index (χ3n) is 5.61. The van der Waals surface area contributed by atoms with E-state index in [4.69, 9.17) is 4.74 Å². The molecule has 138 valence electrons. The van der Waals surface area contributed by atoms with Gasteiger partial charge in [-0.3, -0.25) is 9.69 Å². The third-order valence-corrected chi connectivity index (χ3v) is 5.61. The van der Waals surface area contributed by atoms with E-state index in [9.17, 15) is 9.59 Å². The first kappa shape index (κ1) is 17.1. The lowest BCUT2D eigenvalue weighted by atomic mass is 9.96. The molecule has 2 aromatic rings. The summed E-state index contributed by atoms with van der Waals surface area (Å²) in [5, 5.41) is 1.12. The lowest BCUT2D eigenvalue weighted by Gasteiger charge is -2.36. The van der Waals surface area contributed by atoms with E-state index in [1.54, 1.807) is 4.90 Å². The van der Waals surface area contributed by atoms with Gasteiger partial charge in [-0.25, -0.2) is 4.79 Å². The molecule has 6 heteroatoms. The molecule has 0 bridgehead atoms. The second-order valence-corrected chi connectivity index (χ2v) is 7.23. The molecule has 1 amide bonds. The van der Waals surface area contributed by atoms with Crippen LogP contribution in [0.25, 0.3) is 10.9 Å². The van der Waals surface area contributed by atoms with Gasteiger partial charge in [-0.15, -0.1) is 0 Å². The second kappa shape index (κ2) is 7.11. The minimum Gasteiger partial charge on any atom is -0.467 e. The van der Waals surface area contributed by atoms with Crippen LogP contribution in [0.5, 0.6) is 0 Å². The molecule has 0 radical (unpaired) electrons. The van der Waals surface area contributed by atoms with Gasteiger partial charge in [-0.05, 0) is 37.6 Å². The maximum Gasteiger partial charge on any atom is 0.328 e. The van der Waals surface area contributed by atoms with Gasteiger partial charge in [-0.1, -0.05) is 24.6 Å². The first-order chi connectivity index (χ1) is 12.7. The Labute approximate surface area is 153 Å². The number of hydrogen-bond donors (Lipinski definition) is 1. The monoisotopic (exact) mass is 355 g/mol. The number of carbonyl (C=O) groups excluding carboxylic acids is 2. The van der Waals surface area contributed by atoms with E-state index >= 15 is 0 Å². The number of esters is 1. The molecular formula is C20H25N3O3. The molecule has 1 saturated heterocycles. The number of hydrogen-bond acceptors (Lipinski definition) is 4. The number of amides is 1. The Morgan fingerprint density at radius 2 is 1.96 bits per heavy atom. The van der Waals surface area contributed by atoms with Crippen molar-refractivity contribution in [2.24, 2.45) is 0 Å². The normalized spacial score (nSPS) is 20.8. The molecule has 0 saturated carbocycles. The molecule has 0 aliphatic carbocycles. The van der Waals surface area contributed by atoms with Crippen molar-refractivity contribution in [2.75, 3.05) is 26.7 Å². The summed E-state index contributed by atoms with van der Waals surface area (Å²) in [6, 6.07) is 7.52. The average molecular weight is 355 g/mol. The molecule has 4 rings (SSSR count). The number of aromatic nitrogens is 1. The van der Waals surface area contributed by atoms with Crippen LogP contribution >= 0.6 is 0 Å². The Balaban J connectivity index is 1.61. The number of para-hydroxylation sites is 1. The Morgan fingerprint density at radius 1 is 1.19 bits per heavy atom. The number of methoxy groups -OCH3 is 1. The number of H-pyrrole nitrogens is 1. The molecular weight excluding hydrogens is 330 g/mol. The third kappa shape index (κ3) is 3.09. The van der Waals surface area contributed by atoms with Crippen molar-refractivity contribution in [3.05, 3.63) is 35.5 Å². The fourth-order valence-electron chi connectivity index (χ4n) is 4.22. The van der Waals surface area contributed by atoms with E-state index in [1.165, 1.54) is 13.5 Å². The van der Waals surface area contributed by atoms with Crippen LogP contribution in [0.15, 0.2) is 24.3 Å². The summed E-state index contributed by atoms with van der Waals surface area (Å²) < 4.78 is 5.01. The topological polar surface area (TPSA) is 65.6 Å². The number of carbonyl (C=O) groups is 2. The zero-order valence-corrected chi connectivity index (χ0v) is 15.2. The maximum absolute atomic E-state index is 13.0. The van der Waals surface area contributed by atoms with Gasteiger partial charge in [0.2, 0.25) is 5.91 Å². The standard InChI is InChI=1S/C20H25N3O3/c1-26-20(25)18-11-15-14-7-3-4-8-16(14)21-17(15)12-23(18)19(24)13-22-9-5-2-6-10-22/h3-4,7-8,18,21H,2,5-6,9-13H2,1H3/t18-/m1/s1. The molecule has 3 heterocycles. The summed E-state index contributed by atoms with van der Waals surface area (Å²) in [5.41, 5.74) is 3.20. The molecule has 2 aliphatic heterocycles. The zero-order valence-electron chi connectivity index (χ0n) is 15.2. The number of rotatable bonds is 3. The number of fused-ring (bicyclic) bond motifs is 3. The molecule has 1 atom stereocenters. The first-order valence-electron chi connectivity index (χ1n) is 9.35. The van der Waals surface area contributed by atoms with Crippen LogP contribution in [0.1, 0.15) is 30.5 Å². The summed E-state index contributed by atoms with van der Waals surface area (Å²) in [5.74, 6) is -0.334. The van der Waals surface area contributed by atoms with Crippen LogP contribution in [0.4, 0.5) is 0 Å². The van der Waals surface area contributed by atoms with Crippen LogP contribution in [0.2, 0.25) is 0 Å². The number of nitrogens with zero attached hydrogens (tertiary/aromatic N) is 2. The minimum atomic E-state index is -0.552. The van der Waals surface area contributed by atoms with E-state index in [-0.39, 0.29) is 11.9 Å². The van der Waals surface area contributed by atoms with E-state index < -0.39 is 6.04 Å². The zero-order chi connectivity index (χ0) is 18.1. The highest BCUT2D eigenvalue weighted by Crippen LogP contribution is 2.30. The summed E-state index contributed by atoms with van der Waals surface area (Å²) in [4.78, 5) is 32.7. The van der Waals surface area contributed by atoms with E-state index in [0.717, 1.165) is 48.1 Å². The maximum atomic E-state index is 13.0. The highest BCUT2D eigenvalue weighted by molar-refractivity contribution is 5.90. The van der Waals surface area contributed by atoms with Gasteiger partial charge >= 0.3 is 5.97 Å². The van der Waals surface area contributed by atoms with Crippen molar-refractivity contribution >= 4 is 22.8 Å². The molecule has 2 aliphatic rings. The van der Waals surface area contributed by atoms with Gasteiger partial charge in [0.15, 0.2) is 0 Å². The highest BCUT2D eigenvalue weighted by Gasteiger charge is 2.37. The Morgan fingerprint density at radius 3 is 2.73 bits per heavy atom. The number of benzene rings is 1.